The first kappa shape index (κ1) is 19.7. The van der Waals surface area contributed by atoms with Crippen molar-refractivity contribution in [3.05, 3.63) is 60.2 Å². The van der Waals surface area contributed by atoms with E-state index in [2.05, 4.69) is 21.3 Å². The van der Waals surface area contributed by atoms with Crippen LogP contribution in [0.15, 0.2) is 65.3 Å². The molecule has 0 atom stereocenters. The maximum Gasteiger partial charge on any atom is 0.191 e. The first-order chi connectivity index (χ1) is 14.5. The second-order valence-electron chi connectivity index (χ2n) is 6.73. The fourth-order valence-electron chi connectivity index (χ4n) is 3.45. The monoisotopic (exact) mass is 417 g/mol. The number of pyridine rings is 1. The van der Waals surface area contributed by atoms with Crippen molar-refractivity contribution >= 4 is 28.9 Å². The van der Waals surface area contributed by atoms with Crippen LogP contribution in [0.1, 0.15) is 0 Å². The molecule has 1 aliphatic heterocycles. The summed E-state index contributed by atoms with van der Waals surface area (Å²) in [5.74, 6) is 1.11. The summed E-state index contributed by atoms with van der Waals surface area (Å²) in [4.78, 5) is 20.7. The first-order valence-corrected chi connectivity index (χ1v) is 10.2. The van der Waals surface area contributed by atoms with Crippen LogP contribution in [0.3, 0.4) is 0 Å². The average molecular weight is 417 g/mol. The summed E-state index contributed by atoms with van der Waals surface area (Å²) in [5, 5.41) is 18.8. The van der Waals surface area contributed by atoms with Crippen LogP contribution in [0.2, 0.25) is 0 Å². The number of ketones is 1. The SMILES string of the molecule is CN1C(=C(C#N)C(=O)CSc2nnc(-c3ccncc3)n2C)N(C)c2ccccc21. The van der Waals surface area contributed by atoms with Crippen molar-refractivity contribution in [2.75, 3.05) is 29.6 Å². The smallest absolute Gasteiger partial charge is 0.191 e. The number of nitrogens with zero attached hydrogens (tertiary/aromatic N) is 7. The highest BCUT2D eigenvalue weighted by Gasteiger charge is 2.31. The lowest BCUT2D eigenvalue weighted by Crippen LogP contribution is -2.26. The number of rotatable bonds is 5. The van der Waals surface area contributed by atoms with E-state index in [1.807, 2.05) is 71.9 Å². The molecule has 0 saturated heterocycles. The lowest BCUT2D eigenvalue weighted by Gasteiger charge is -2.19. The Balaban J connectivity index is 1.55. The summed E-state index contributed by atoms with van der Waals surface area (Å²) in [6.07, 6.45) is 3.39. The third-order valence-corrected chi connectivity index (χ3v) is 5.98. The van der Waals surface area contributed by atoms with Crippen LogP contribution >= 0.6 is 11.8 Å². The van der Waals surface area contributed by atoms with Crippen LogP contribution in [-0.2, 0) is 11.8 Å². The van der Waals surface area contributed by atoms with Gasteiger partial charge in [-0.15, -0.1) is 10.2 Å². The summed E-state index contributed by atoms with van der Waals surface area (Å²) in [5.41, 5.74) is 2.93. The molecule has 0 radical (unpaired) electrons. The van der Waals surface area contributed by atoms with Crippen molar-refractivity contribution in [2.45, 2.75) is 5.16 Å². The summed E-state index contributed by atoms with van der Waals surface area (Å²) in [6, 6.07) is 13.6. The van der Waals surface area contributed by atoms with Crippen molar-refractivity contribution in [1.29, 1.82) is 5.26 Å². The number of nitriles is 1. The zero-order valence-corrected chi connectivity index (χ0v) is 17.6. The molecule has 0 amide bonds. The molecule has 0 unspecified atom stereocenters. The Labute approximate surface area is 178 Å². The molecule has 30 heavy (non-hydrogen) atoms. The van der Waals surface area contributed by atoms with Gasteiger partial charge >= 0.3 is 0 Å². The van der Waals surface area contributed by atoms with Crippen molar-refractivity contribution in [3.8, 4) is 17.5 Å². The molecule has 0 fully saturated rings. The highest BCUT2D eigenvalue weighted by molar-refractivity contribution is 7.99. The minimum atomic E-state index is -0.252. The highest BCUT2D eigenvalue weighted by Crippen LogP contribution is 2.40. The van der Waals surface area contributed by atoms with Crippen LogP contribution < -0.4 is 9.80 Å². The van der Waals surface area contributed by atoms with Gasteiger partial charge in [0.05, 0.1) is 17.1 Å². The normalized spacial score (nSPS) is 12.7. The summed E-state index contributed by atoms with van der Waals surface area (Å²) in [6.45, 7) is 0. The molecule has 1 aromatic carbocycles. The molecule has 0 N–H and O–H groups in total. The summed E-state index contributed by atoms with van der Waals surface area (Å²) in [7, 11) is 5.57. The number of carbonyl (C=O) groups is 1. The third kappa shape index (κ3) is 3.31. The molecule has 4 rings (SSSR count). The molecule has 9 heteroatoms. The molecule has 0 saturated carbocycles. The van der Waals surface area contributed by atoms with Crippen molar-refractivity contribution < 1.29 is 4.79 Å². The van der Waals surface area contributed by atoms with Gasteiger partial charge < -0.3 is 14.4 Å². The van der Waals surface area contributed by atoms with Gasteiger partial charge in [-0.05, 0) is 24.3 Å². The number of allylic oxidation sites excluding steroid dienone is 1. The molecule has 0 bridgehead atoms. The number of carbonyl (C=O) groups excluding carboxylic acids is 1. The number of para-hydroxylation sites is 2. The Bertz CT molecular complexity index is 1150. The Morgan fingerprint density at radius 2 is 1.67 bits per heavy atom. The molecule has 3 aromatic rings. The predicted molar refractivity (Wildman–Crippen MR) is 116 cm³/mol. The van der Waals surface area contributed by atoms with Gasteiger partial charge in [0.25, 0.3) is 0 Å². The van der Waals surface area contributed by atoms with E-state index in [0.29, 0.717) is 16.8 Å². The van der Waals surface area contributed by atoms with E-state index in [1.165, 1.54) is 11.8 Å². The topological polar surface area (TPSA) is 90.9 Å². The summed E-state index contributed by atoms with van der Waals surface area (Å²) >= 11 is 1.26. The average Bonchev–Trinajstić information content (AvgIpc) is 3.26. The molecule has 1 aliphatic rings. The van der Waals surface area contributed by atoms with Crippen LogP contribution in [0.25, 0.3) is 11.4 Å². The van der Waals surface area contributed by atoms with E-state index in [4.69, 9.17) is 0 Å². The van der Waals surface area contributed by atoms with Gasteiger partial charge in [0.15, 0.2) is 16.8 Å². The Hall–Kier alpha value is -3.64. The second kappa shape index (κ2) is 8.00. The van der Waals surface area contributed by atoms with Gasteiger partial charge in [0.2, 0.25) is 0 Å². The van der Waals surface area contributed by atoms with Gasteiger partial charge in [-0.2, -0.15) is 5.26 Å². The van der Waals surface area contributed by atoms with Gasteiger partial charge in [0.1, 0.15) is 17.5 Å². The molecule has 0 aliphatic carbocycles. The molecule has 150 valence electrons. The molecule has 3 heterocycles. The first-order valence-electron chi connectivity index (χ1n) is 9.19. The minimum Gasteiger partial charge on any atom is -0.328 e. The Morgan fingerprint density at radius 1 is 1.03 bits per heavy atom. The number of hydrogen-bond acceptors (Lipinski definition) is 8. The zero-order valence-electron chi connectivity index (χ0n) is 16.8. The molecule has 2 aromatic heterocycles. The van der Waals surface area contributed by atoms with E-state index in [9.17, 15) is 10.1 Å². The number of benzene rings is 1. The van der Waals surface area contributed by atoms with E-state index in [-0.39, 0.29) is 17.1 Å². The van der Waals surface area contributed by atoms with Gasteiger partial charge in [-0.25, -0.2) is 0 Å². The molecular weight excluding hydrogens is 398 g/mol. The fourth-order valence-corrected chi connectivity index (χ4v) is 4.24. The van der Waals surface area contributed by atoms with E-state index in [1.54, 1.807) is 12.4 Å². The number of hydrogen-bond donors (Lipinski definition) is 0. The van der Waals surface area contributed by atoms with Crippen LogP contribution in [0, 0.1) is 11.3 Å². The highest BCUT2D eigenvalue weighted by atomic mass is 32.2. The minimum absolute atomic E-state index is 0.0900. The van der Waals surface area contributed by atoms with Crippen molar-refractivity contribution in [1.82, 2.24) is 19.7 Å². The van der Waals surface area contributed by atoms with Gasteiger partial charge in [-0.3, -0.25) is 9.78 Å². The number of anilines is 2. The standard InChI is InChI=1S/C21H19N7OS/c1-26-16-6-4-5-7-17(16)27(2)20(26)15(12-22)18(29)13-30-21-25-24-19(28(21)3)14-8-10-23-11-9-14/h4-11H,13H2,1-3H3. The van der Waals surface area contributed by atoms with E-state index in [0.717, 1.165) is 16.9 Å². The lowest BCUT2D eigenvalue weighted by molar-refractivity contribution is -0.112. The van der Waals surface area contributed by atoms with E-state index < -0.39 is 0 Å². The number of fused-ring (bicyclic) bond motifs is 1. The van der Waals surface area contributed by atoms with Crippen molar-refractivity contribution in [3.63, 3.8) is 0 Å². The molecule has 0 spiro atoms. The third-order valence-electron chi connectivity index (χ3n) is 4.96. The Kier molecular flexibility index (Phi) is 5.25. The second-order valence-corrected chi connectivity index (χ2v) is 7.67. The number of Topliss-reactive ketones (excluding diaryl/α,β-unsaturated/α-hetero) is 1. The van der Waals surface area contributed by atoms with Gasteiger partial charge in [0, 0.05) is 39.1 Å². The largest absolute Gasteiger partial charge is 0.328 e. The fraction of sp³-hybridized carbons (Fsp3) is 0.190. The maximum atomic E-state index is 12.9. The number of thioether (sulfide) groups is 1. The van der Waals surface area contributed by atoms with E-state index >= 15 is 0 Å². The lowest BCUT2D eigenvalue weighted by atomic mass is 10.2. The van der Waals surface area contributed by atoms with Crippen LogP contribution in [0.4, 0.5) is 11.4 Å². The maximum absolute atomic E-state index is 12.9. The summed E-state index contributed by atoms with van der Waals surface area (Å²) < 4.78 is 1.83. The molecule has 8 nitrogen and oxygen atoms in total. The van der Waals surface area contributed by atoms with Crippen LogP contribution in [0.5, 0.6) is 0 Å². The predicted octanol–water partition coefficient (Wildman–Crippen LogP) is 2.86. The molecular formula is C21H19N7OS. The quantitative estimate of drug-likeness (QED) is 0.356. The van der Waals surface area contributed by atoms with Crippen molar-refractivity contribution in [2.24, 2.45) is 7.05 Å². The van der Waals surface area contributed by atoms with Crippen LogP contribution in [-0.4, -0.2) is 45.4 Å². The Morgan fingerprint density at radius 3 is 2.27 bits per heavy atom. The zero-order chi connectivity index (χ0) is 21.3. The number of aromatic nitrogens is 4. The van der Waals surface area contributed by atoms with Gasteiger partial charge in [-0.1, -0.05) is 23.9 Å².